The van der Waals surface area contributed by atoms with Gasteiger partial charge in [-0.05, 0) is 13.8 Å². The summed E-state index contributed by atoms with van der Waals surface area (Å²) in [5.74, 6) is -0.595. The van der Waals surface area contributed by atoms with E-state index in [1.807, 2.05) is 0 Å². The molecule has 0 aliphatic heterocycles. The number of hydrogen-bond donors (Lipinski definition) is 1. The number of carbonyl (C=O) groups excluding carboxylic acids is 1. The molecule has 1 unspecified atom stereocenters. The van der Waals surface area contributed by atoms with Crippen molar-refractivity contribution in [3.05, 3.63) is 19.1 Å². The first-order valence-electron chi connectivity index (χ1n) is 3.99. The molecule has 0 aliphatic carbocycles. The number of esters is 1. The number of rotatable bonds is 6. The van der Waals surface area contributed by atoms with Crippen LogP contribution >= 0.6 is 0 Å². The Balaban J connectivity index is 3.55. The molecule has 13 heavy (non-hydrogen) atoms. The van der Waals surface area contributed by atoms with Gasteiger partial charge in [-0.25, -0.2) is 4.79 Å². The number of aliphatic hydroxyl groups excluding tert-OH is 1. The zero-order valence-electron chi connectivity index (χ0n) is 7.78. The molecule has 0 heterocycles. The van der Waals surface area contributed by atoms with Crippen molar-refractivity contribution in [2.24, 2.45) is 0 Å². The van der Waals surface area contributed by atoms with Gasteiger partial charge >= 0.3 is 5.97 Å². The maximum atomic E-state index is 10.9. The SMILES string of the molecule is [CH2]COCCC(O)OC(=O)C(=C)C. The maximum absolute atomic E-state index is 10.9. The minimum Gasteiger partial charge on any atom is -0.433 e. The Morgan fingerprint density at radius 3 is 2.69 bits per heavy atom. The molecule has 0 bridgehead atoms. The lowest BCUT2D eigenvalue weighted by molar-refractivity contribution is -0.165. The van der Waals surface area contributed by atoms with Gasteiger partial charge in [-0.15, -0.1) is 0 Å². The van der Waals surface area contributed by atoms with Gasteiger partial charge in [-0.2, -0.15) is 0 Å². The zero-order chi connectivity index (χ0) is 10.3. The van der Waals surface area contributed by atoms with Crippen molar-refractivity contribution >= 4 is 5.97 Å². The summed E-state index contributed by atoms with van der Waals surface area (Å²) in [7, 11) is 0. The van der Waals surface area contributed by atoms with E-state index in [9.17, 15) is 4.79 Å². The van der Waals surface area contributed by atoms with Crippen LogP contribution in [0.2, 0.25) is 0 Å². The molecule has 0 spiro atoms. The monoisotopic (exact) mass is 187 g/mol. The molecule has 1 radical (unpaired) electrons. The van der Waals surface area contributed by atoms with Gasteiger partial charge < -0.3 is 14.6 Å². The van der Waals surface area contributed by atoms with Crippen molar-refractivity contribution in [1.82, 2.24) is 0 Å². The van der Waals surface area contributed by atoms with E-state index in [1.165, 1.54) is 6.92 Å². The lowest BCUT2D eigenvalue weighted by Gasteiger charge is -2.11. The fraction of sp³-hybridized carbons (Fsp3) is 0.556. The van der Waals surface area contributed by atoms with Gasteiger partial charge in [-0.1, -0.05) is 6.58 Å². The van der Waals surface area contributed by atoms with Gasteiger partial charge in [0.2, 0.25) is 6.29 Å². The Hall–Kier alpha value is -0.870. The maximum Gasteiger partial charge on any atom is 0.335 e. The van der Waals surface area contributed by atoms with E-state index in [0.29, 0.717) is 13.2 Å². The molecule has 0 saturated heterocycles. The third kappa shape index (κ3) is 6.31. The van der Waals surface area contributed by atoms with Crippen LogP contribution in [0.3, 0.4) is 0 Å². The highest BCUT2D eigenvalue weighted by Gasteiger charge is 2.10. The number of aliphatic hydroxyl groups is 1. The highest BCUT2D eigenvalue weighted by Crippen LogP contribution is 2.00. The van der Waals surface area contributed by atoms with Crippen LogP contribution in [0, 0.1) is 6.92 Å². The summed E-state index contributed by atoms with van der Waals surface area (Å²) in [6.07, 6.45) is -0.884. The Kier molecular flexibility index (Phi) is 6.18. The smallest absolute Gasteiger partial charge is 0.335 e. The van der Waals surface area contributed by atoms with Crippen LogP contribution in [0.25, 0.3) is 0 Å². The normalized spacial score (nSPS) is 12.2. The van der Waals surface area contributed by atoms with Gasteiger partial charge in [0.15, 0.2) is 0 Å². The second kappa shape index (κ2) is 6.62. The lowest BCUT2D eigenvalue weighted by Crippen LogP contribution is -2.19. The van der Waals surface area contributed by atoms with Crippen LogP contribution < -0.4 is 0 Å². The summed E-state index contributed by atoms with van der Waals surface area (Å²) in [5, 5.41) is 9.11. The second-order valence-corrected chi connectivity index (χ2v) is 2.54. The summed E-state index contributed by atoms with van der Waals surface area (Å²) < 4.78 is 9.44. The van der Waals surface area contributed by atoms with Crippen molar-refractivity contribution < 1.29 is 19.4 Å². The minimum absolute atomic E-state index is 0.245. The molecular weight excluding hydrogens is 172 g/mol. The standard InChI is InChI=1S/C9H15O4/c1-4-12-6-5-8(10)13-9(11)7(2)3/h8,10H,1-2,4-6H2,3H3. The van der Waals surface area contributed by atoms with Crippen molar-refractivity contribution in [2.45, 2.75) is 19.6 Å². The molecule has 4 nitrogen and oxygen atoms in total. The largest absolute Gasteiger partial charge is 0.433 e. The van der Waals surface area contributed by atoms with Gasteiger partial charge in [0, 0.05) is 18.6 Å². The first-order chi connectivity index (χ1) is 6.07. The summed E-state index contributed by atoms with van der Waals surface area (Å²) in [5.41, 5.74) is 0.261. The summed E-state index contributed by atoms with van der Waals surface area (Å²) in [4.78, 5) is 10.9. The topological polar surface area (TPSA) is 55.8 Å². The highest BCUT2D eigenvalue weighted by molar-refractivity contribution is 5.86. The van der Waals surface area contributed by atoms with Crippen LogP contribution in [-0.4, -0.2) is 30.6 Å². The highest BCUT2D eigenvalue weighted by atomic mass is 16.6. The molecular formula is C9H15O4. The molecule has 0 aliphatic rings. The Morgan fingerprint density at radius 2 is 2.23 bits per heavy atom. The van der Waals surface area contributed by atoms with Crippen LogP contribution in [0.4, 0.5) is 0 Å². The quantitative estimate of drug-likeness (QED) is 0.287. The molecule has 0 fully saturated rings. The number of hydrogen-bond acceptors (Lipinski definition) is 4. The lowest BCUT2D eigenvalue weighted by atomic mass is 10.3. The molecule has 0 amide bonds. The van der Waals surface area contributed by atoms with E-state index in [4.69, 9.17) is 9.84 Å². The van der Waals surface area contributed by atoms with Crippen molar-refractivity contribution in [3.63, 3.8) is 0 Å². The number of ether oxygens (including phenoxy) is 2. The fourth-order valence-electron chi connectivity index (χ4n) is 0.569. The van der Waals surface area contributed by atoms with Crippen molar-refractivity contribution in [3.8, 4) is 0 Å². The molecule has 75 valence electrons. The van der Waals surface area contributed by atoms with Crippen molar-refractivity contribution in [1.29, 1.82) is 0 Å². The molecule has 1 N–H and O–H groups in total. The average Bonchev–Trinajstić information content (AvgIpc) is 2.04. The summed E-state index contributed by atoms with van der Waals surface area (Å²) >= 11 is 0. The zero-order valence-corrected chi connectivity index (χ0v) is 7.78. The summed E-state index contributed by atoms with van der Waals surface area (Å²) in [6, 6.07) is 0. The third-order valence-corrected chi connectivity index (χ3v) is 1.25. The van der Waals surface area contributed by atoms with Crippen LogP contribution in [0.1, 0.15) is 13.3 Å². The molecule has 0 aromatic heterocycles. The fourth-order valence-corrected chi connectivity index (χ4v) is 0.569. The average molecular weight is 187 g/mol. The van der Waals surface area contributed by atoms with E-state index >= 15 is 0 Å². The molecule has 0 aromatic rings. The molecule has 0 rings (SSSR count). The first-order valence-corrected chi connectivity index (χ1v) is 3.99. The van der Waals surface area contributed by atoms with Crippen LogP contribution in [0.15, 0.2) is 12.2 Å². The van der Waals surface area contributed by atoms with E-state index in [1.54, 1.807) is 0 Å². The third-order valence-electron chi connectivity index (χ3n) is 1.25. The Morgan fingerprint density at radius 1 is 1.62 bits per heavy atom. The molecule has 1 atom stereocenters. The Bertz CT molecular complexity index is 176. The first kappa shape index (κ1) is 12.1. The van der Waals surface area contributed by atoms with Gasteiger partial charge in [-0.3, -0.25) is 0 Å². The number of carbonyl (C=O) groups is 1. The molecule has 4 heteroatoms. The van der Waals surface area contributed by atoms with E-state index in [-0.39, 0.29) is 12.0 Å². The van der Waals surface area contributed by atoms with E-state index in [2.05, 4.69) is 18.2 Å². The van der Waals surface area contributed by atoms with Crippen LogP contribution in [0.5, 0.6) is 0 Å². The van der Waals surface area contributed by atoms with Gasteiger partial charge in [0.05, 0.1) is 6.61 Å². The second-order valence-electron chi connectivity index (χ2n) is 2.54. The predicted octanol–water partition coefficient (Wildman–Crippen LogP) is 0.665. The van der Waals surface area contributed by atoms with Crippen molar-refractivity contribution in [2.75, 3.05) is 13.2 Å². The van der Waals surface area contributed by atoms with Crippen LogP contribution in [-0.2, 0) is 14.3 Å². The van der Waals surface area contributed by atoms with Gasteiger partial charge in [0.25, 0.3) is 0 Å². The predicted molar refractivity (Wildman–Crippen MR) is 47.7 cm³/mol. The Labute approximate surface area is 78.2 Å². The molecule has 0 aromatic carbocycles. The summed E-state index contributed by atoms with van der Waals surface area (Å²) in [6.45, 7) is 8.99. The molecule has 0 saturated carbocycles. The van der Waals surface area contributed by atoms with E-state index in [0.717, 1.165) is 0 Å². The minimum atomic E-state index is -1.13. The van der Waals surface area contributed by atoms with Gasteiger partial charge in [0.1, 0.15) is 0 Å². The van der Waals surface area contributed by atoms with E-state index < -0.39 is 12.3 Å².